The van der Waals surface area contributed by atoms with E-state index < -0.39 is 35.3 Å². The number of piperidine rings is 2. The van der Waals surface area contributed by atoms with Crippen molar-refractivity contribution in [1.29, 1.82) is 0 Å². The summed E-state index contributed by atoms with van der Waals surface area (Å²) in [6, 6.07) is 13.5. The molecule has 5 heterocycles. The normalized spacial score (nSPS) is 21.5. The van der Waals surface area contributed by atoms with Crippen molar-refractivity contribution < 1.29 is 33.8 Å². The summed E-state index contributed by atoms with van der Waals surface area (Å²) in [5.74, 6) is -1.20. The maximum absolute atomic E-state index is 13.3. The summed E-state index contributed by atoms with van der Waals surface area (Å²) >= 11 is 0. The zero-order valence-corrected chi connectivity index (χ0v) is 35.2. The molecule has 15 nitrogen and oxygen atoms in total. The second-order valence-corrected chi connectivity index (χ2v) is 17.7. The fourth-order valence-corrected chi connectivity index (χ4v) is 9.35. The first-order valence-electron chi connectivity index (χ1n) is 21.7. The number of pyridine rings is 1. The highest BCUT2D eigenvalue weighted by molar-refractivity contribution is 6.25. The van der Waals surface area contributed by atoms with Crippen molar-refractivity contribution >= 4 is 51.8 Å². The molecule has 1 aliphatic carbocycles. The number of aromatic nitrogens is 3. The molecular weight excluding hydrogens is 777 g/mol. The van der Waals surface area contributed by atoms with E-state index in [0.29, 0.717) is 53.7 Å². The molecule has 2 aromatic heterocycles. The van der Waals surface area contributed by atoms with Gasteiger partial charge in [0.25, 0.3) is 17.7 Å². The van der Waals surface area contributed by atoms with Gasteiger partial charge >= 0.3 is 0 Å². The number of nitrogens with one attached hydrogen (secondary N) is 3. The summed E-state index contributed by atoms with van der Waals surface area (Å²) in [5.41, 5.74) is 2.92. The number of benzene rings is 2. The number of imide groups is 2. The highest BCUT2D eigenvalue weighted by Crippen LogP contribution is 2.37. The van der Waals surface area contributed by atoms with Crippen LogP contribution in [0.15, 0.2) is 54.7 Å². The number of likely N-dealkylation sites (tertiary alicyclic amines) is 1. The van der Waals surface area contributed by atoms with E-state index in [1.807, 2.05) is 25.1 Å². The Balaban J connectivity index is 0.748. The summed E-state index contributed by atoms with van der Waals surface area (Å²) in [7, 11) is 0. The van der Waals surface area contributed by atoms with Crippen LogP contribution in [-0.2, 0) is 19.9 Å². The number of fused-ring (bicyclic) bond motifs is 2. The first kappa shape index (κ1) is 42.2. The topological polar surface area (TPSA) is 188 Å². The first-order valence-corrected chi connectivity index (χ1v) is 21.7. The van der Waals surface area contributed by atoms with Crippen molar-refractivity contribution in [2.45, 2.75) is 96.2 Å². The van der Waals surface area contributed by atoms with Crippen molar-refractivity contribution in [3.8, 4) is 0 Å². The van der Waals surface area contributed by atoms with Crippen LogP contribution in [0.1, 0.15) is 120 Å². The van der Waals surface area contributed by atoms with Crippen LogP contribution in [0.2, 0.25) is 0 Å². The van der Waals surface area contributed by atoms with Gasteiger partial charge in [0.1, 0.15) is 11.7 Å². The molecule has 5 amide bonds. The van der Waals surface area contributed by atoms with Gasteiger partial charge in [-0.2, -0.15) is 5.10 Å². The monoisotopic (exact) mass is 832 g/mol. The van der Waals surface area contributed by atoms with Crippen molar-refractivity contribution in [3.05, 3.63) is 82.8 Å². The summed E-state index contributed by atoms with van der Waals surface area (Å²) < 4.78 is 8.17. The number of aliphatic hydroxyl groups is 1. The molecule has 1 saturated carbocycles. The summed E-state index contributed by atoms with van der Waals surface area (Å²) in [6.07, 6.45) is 9.63. The predicted octanol–water partition coefficient (Wildman–Crippen LogP) is 5.58. The zero-order chi connectivity index (χ0) is 42.8. The number of carbonyl (C=O) groups excluding carboxylic acids is 5. The van der Waals surface area contributed by atoms with Crippen molar-refractivity contribution in [3.63, 3.8) is 0 Å². The van der Waals surface area contributed by atoms with E-state index >= 15 is 0 Å². The van der Waals surface area contributed by atoms with E-state index in [-0.39, 0.29) is 29.9 Å². The smallest absolute Gasteiger partial charge is 0.274 e. The number of nitrogens with zero attached hydrogens (tertiary/aromatic N) is 5. The third-order valence-electron chi connectivity index (χ3n) is 12.7. The van der Waals surface area contributed by atoms with Gasteiger partial charge in [0, 0.05) is 66.9 Å². The Morgan fingerprint density at radius 1 is 0.934 bits per heavy atom. The Kier molecular flexibility index (Phi) is 12.3. The van der Waals surface area contributed by atoms with Crippen LogP contribution in [0, 0.1) is 18.8 Å². The average Bonchev–Trinajstić information content (AvgIpc) is 3.77. The second kappa shape index (κ2) is 17.8. The van der Waals surface area contributed by atoms with Gasteiger partial charge < -0.3 is 25.4 Å². The van der Waals surface area contributed by atoms with E-state index in [1.165, 1.54) is 0 Å². The quantitative estimate of drug-likeness (QED) is 0.0918. The Labute approximate surface area is 355 Å². The van der Waals surface area contributed by atoms with Crippen LogP contribution in [-0.4, -0.2) is 105 Å². The van der Waals surface area contributed by atoms with E-state index in [4.69, 9.17) is 9.84 Å². The molecule has 2 saturated heterocycles. The molecule has 1 atom stereocenters. The molecule has 4 aliphatic rings. The lowest BCUT2D eigenvalue weighted by molar-refractivity contribution is -0.136. The highest BCUT2D eigenvalue weighted by Gasteiger charge is 2.45. The standard InChI is InChI=1S/C46H56N8O7/c1-28-7-4-10-36(48-28)42(56)49-38-23-31-26-53(51-37(31)24-34(38)46(2,3)60)32-13-11-29(12-14-32)25-52-20-17-30(18-21-52)27-61-22-6-19-47-35-9-5-8-33-41(35)45(59)54(44(33)58)39-15-16-40(55)50-43(39)57/h4-5,7-10,23-24,26,29-30,32,39,47,60H,6,11-22,25,27H2,1-3H3,(H,49,56)(H,50,55,57). The summed E-state index contributed by atoms with van der Waals surface area (Å²) in [4.78, 5) is 71.6. The fourth-order valence-electron chi connectivity index (χ4n) is 9.35. The maximum Gasteiger partial charge on any atom is 0.274 e. The summed E-state index contributed by atoms with van der Waals surface area (Å²) in [5, 5.41) is 25.4. The fraction of sp³-hybridized carbons (Fsp3) is 0.500. The molecule has 0 radical (unpaired) electrons. The lowest BCUT2D eigenvalue weighted by Crippen LogP contribution is -2.54. The SMILES string of the molecule is Cc1cccc(C(=O)Nc2cc3cn(C4CCC(CN5CCC(COCCCNc6cccc7c6C(=O)N(C6CCC(=O)NC6=O)C7=O)CC5)CC4)nc3cc2C(C)(C)O)n1. The molecule has 3 aliphatic heterocycles. The number of ether oxygens (including phenoxy) is 1. The van der Waals surface area contributed by atoms with E-state index in [2.05, 4.69) is 36.7 Å². The van der Waals surface area contributed by atoms with Gasteiger partial charge in [-0.3, -0.25) is 38.9 Å². The number of aryl methyl sites for hydroxylation is 1. The van der Waals surface area contributed by atoms with E-state index in [0.717, 1.165) is 92.7 Å². The summed E-state index contributed by atoms with van der Waals surface area (Å²) in [6.45, 7) is 10.4. The van der Waals surface area contributed by atoms with Crippen molar-refractivity contribution in [2.75, 3.05) is 50.0 Å². The molecule has 8 rings (SSSR count). The third kappa shape index (κ3) is 9.38. The van der Waals surface area contributed by atoms with Gasteiger partial charge in [-0.1, -0.05) is 12.1 Å². The Bertz CT molecular complexity index is 2320. The zero-order valence-electron chi connectivity index (χ0n) is 35.2. The van der Waals surface area contributed by atoms with Crippen LogP contribution in [0.4, 0.5) is 11.4 Å². The van der Waals surface area contributed by atoms with Crippen LogP contribution < -0.4 is 16.0 Å². The third-order valence-corrected chi connectivity index (χ3v) is 12.7. The van der Waals surface area contributed by atoms with Gasteiger partial charge in [-0.05, 0) is 133 Å². The van der Waals surface area contributed by atoms with Crippen LogP contribution in [0.25, 0.3) is 10.9 Å². The number of hydrogen-bond donors (Lipinski definition) is 4. The van der Waals surface area contributed by atoms with Gasteiger partial charge in [0.15, 0.2) is 0 Å². The Morgan fingerprint density at radius 3 is 2.44 bits per heavy atom. The molecule has 2 aromatic carbocycles. The van der Waals surface area contributed by atoms with Crippen molar-refractivity contribution in [1.82, 2.24) is 29.9 Å². The largest absolute Gasteiger partial charge is 0.386 e. The molecule has 322 valence electrons. The molecule has 61 heavy (non-hydrogen) atoms. The second-order valence-electron chi connectivity index (χ2n) is 17.7. The molecule has 0 spiro atoms. The molecule has 4 N–H and O–H groups in total. The Morgan fingerprint density at radius 2 is 1.70 bits per heavy atom. The predicted molar refractivity (Wildman–Crippen MR) is 229 cm³/mol. The molecule has 1 unspecified atom stereocenters. The highest BCUT2D eigenvalue weighted by atomic mass is 16.5. The van der Waals surface area contributed by atoms with Crippen molar-refractivity contribution in [2.24, 2.45) is 11.8 Å². The minimum Gasteiger partial charge on any atom is -0.386 e. The van der Waals surface area contributed by atoms with Crippen LogP contribution >= 0.6 is 0 Å². The van der Waals surface area contributed by atoms with Crippen LogP contribution in [0.3, 0.4) is 0 Å². The lowest BCUT2D eigenvalue weighted by Gasteiger charge is -2.36. The lowest BCUT2D eigenvalue weighted by atomic mass is 9.85. The first-order chi connectivity index (χ1) is 29.3. The van der Waals surface area contributed by atoms with Gasteiger partial charge in [-0.15, -0.1) is 0 Å². The van der Waals surface area contributed by atoms with Gasteiger partial charge in [-0.25, -0.2) is 4.98 Å². The van der Waals surface area contributed by atoms with Gasteiger partial charge in [0.2, 0.25) is 11.8 Å². The molecule has 3 fully saturated rings. The maximum atomic E-state index is 13.3. The number of amides is 5. The Hall–Kier alpha value is -5.51. The number of hydrogen-bond acceptors (Lipinski definition) is 11. The molecule has 0 bridgehead atoms. The molecular formula is C46H56N8O7. The molecule has 15 heteroatoms. The minimum atomic E-state index is -1.19. The number of anilines is 2. The van der Waals surface area contributed by atoms with Crippen LogP contribution in [0.5, 0.6) is 0 Å². The van der Waals surface area contributed by atoms with E-state index in [1.54, 1.807) is 44.2 Å². The van der Waals surface area contributed by atoms with E-state index in [9.17, 15) is 29.1 Å². The van der Waals surface area contributed by atoms with Gasteiger partial charge in [0.05, 0.1) is 28.3 Å². The number of carbonyl (C=O) groups is 5. The average molecular weight is 833 g/mol. The molecule has 4 aromatic rings. The minimum absolute atomic E-state index is 0.0815. The number of rotatable bonds is 14.